The van der Waals surface area contributed by atoms with E-state index in [2.05, 4.69) is 4.98 Å². The van der Waals surface area contributed by atoms with Gasteiger partial charge in [-0.2, -0.15) is 0 Å². The van der Waals surface area contributed by atoms with E-state index < -0.39 is 0 Å². The van der Waals surface area contributed by atoms with Gasteiger partial charge in [0.25, 0.3) is 0 Å². The summed E-state index contributed by atoms with van der Waals surface area (Å²) in [4.78, 5) is 15.6. The molecule has 0 fully saturated rings. The van der Waals surface area contributed by atoms with Gasteiger partial charge in [0.1, 0.15) is 5.75 Å². The Morgan fingerprint density at radius 1 is 1.12 bits per heavy atom. The van der Waals surface area contributed by atoms with Gasteiger partial charge in [0.2, 0.25) is 0 Å². The number of hydrogen-bond donors (Lipinski definition) is 0. The number of carbonyl (C=O) groups excluding carboxylic acids is 1. The number of ether oxygens (including phenoxy) is 1. The van der Waals surface area contributed by atoms with E-state index >= 15 is 0 Å². The van der Waals surface area contributed by atoms with Gasteiger partial charge in [-0.05, 0) is 12.1 Å². The van der Waals surface area contributed by atoms with Gasteiger partial charge in [0.05, 0.1) is 6.20 Å². The maximum absolute atomic E-state index is 11.7. The third kappa shape index (κ3) is 3.89. The lowest BCUT2D eigenvalue weighted by atomic mass is 10.1. The minimum Gasteiger partial charge on any atom is -0.484 e. The van der Waals surface area contributed by atoms with Crippen molar-refractivity contribution in [3.63, 3.8) is 0 Å². The van der Waals surface area contributed by atoms with Gasteiger partial charge in [-0.3, -0.25) is 9.78 Å². The normalized spacial score (nSPS) is 9.18. The Kier molecular flexibility index (Phi) is 5.17. The molecule has 0 radical (unpaired) electrons. The van der Waals surface area contributed by atoms with Crippen LogP contribution in [0.5, 0.6) is 5.75 Å². The molecule has 0 aliphatic rings. The third-order valence-corrected chi connectivity index (χ3v) is 2.10. The summed E-state index contributed by atoms with van der Waals surface area (Å²) in [5.74, 6) is 0.566. The van der Waals surface area contributed by atoms with Gasteiger partial charge in [0, 0.05) is 11.8 Å². The Hall–Kier alpha value is -1.87. The molecule has 2 aromatic rings. The third-order valence-electron chi connectivity index (χ3n) is 2.10. The van der Waals surface area contributed by atoms with E-state index in [-0.39, 0.29) is 24.8 Å². The van der Waals surface area contributed by atoms with Gasteiger partial charge in [-0.1, -0.05) is 30.3 Å². The highest BCUT2D eigenvalue weighted by molar-refractivity contribution is 5.97. The first-order chi connectivity index (χ1) is 7.86. The minimum atomic E-state index is -0.0375. The van der Waals surface area contributed by atoms with E-state index in [4.69, 9.17) is 4.74 Å². The molecule has 1 aromatic heterocycles. The zero-order valence-electron chi connectivity index (χ0n) is 9.08. The second-order valence-electron chi connectivity index (χ2n) is 3.27. The van der Waals surface area contributed by atoms with Gasteiger partial charge in [-0.15, -0.1) is 12.4 Å². The molecule has 0 unspecified atom stereocenters. The van der Waals surface area contributed by atoms with Crippen LogP contribution in [0.4, 0.5) is 0 Å². The molecule has 0 amide bonds. The van der Waals surface area contributed by atoms with Crippen LogP contribution in [0.2, 0.25) is 0 Å². The van der Waals surface area contributed by atoms with Gasteiger partial charge in [0.15, 0.2) is 12.4 Å². The number of ketones is 1. The lowest BCUT2D eigenvalue weighted by molar-refractivity contribution is 0.0921. The van der Waals surface area contributed by atoms with Crippen molar-refractivity contribution >= 4 is 18.2 Å². The quantitative estimate of drug-likeness (QED) is 0.782. The van der Waals surface area contributed by atoms with Gasteiger partial charge >= 0.3 is 0 Å². The summed E-state index contributed by atoms with van der Waals surface area (Å²) < 4.78 is 5.31. The molecule has 0 atom stereocenters. The van der Waals surface area contributed by atoms with Gasteiger partial charge < -0.3 is 4.74 Å². The zero-order chi connectivity index (χ0) is 11.2. The monoisotopic (exact) mass is 249 g/mol. The lowest BCUT2D eigenvalue weighted by Crippen LogP contribution is -2.11. The summed E-state index contributed by atoms with van der Waals surface area (Å²) >= 11 is 0. The summed E-state index contributed by atoms with van der Waals surface area (Å²) in [5.41, 5.74) is 0.659. The molecule has 1 aromatic carbocycles. The van der Waals surface area contributed by atoms with Crippen LogP contribution in [0.15, 0.2) is 54.9 Å². The maximum Gasteiger partial charge on any atom is 0.200 e. The molecule has 17 heavy (non-hydrogen) atoms. The van der Waals surface area contributed by atoms with Crippen molar-refractivity contribution in [3.8, 4) is 5.75 Å². The van der Waals surface area contributed by atoms with Crippen LogP contribution in [-0.2, 0) is 0 Å². The smallest absolute Gasteiger partial charge is 0.200 e. The molecule has 0 aliphatic carbocycles. The Morgan fingerprint density at radius 3 is 2.53 bits per heavy atom. The Balaban J connectivity index is 0.00000144. The molecule has 0 aliphatic heterocycles. The van der Waals surface area contributed by atoms with Crippen LogP contribution in [0.1, 0.15) is 10.4 Å². The molecular formula is C13H12ClNO2. The number of pyridine rings is 1. The number of benzene rings is 1. The fraction of sp³-hybridized carbons (Fsp3) is 0.0769. The predicted octanol–water partition coefficient (Wildman–Crippen LogP) is 2.77. The molecule has 88 valence electrons. The molecule has 2 rings (SSSR count). The standard InChI is InChI=1S/C13H11NO2.ClH/c15-13(11-5-2-1-3-6-11)10-16-12-7-4-8-14-9-12;/h1-9H,10H2;1H. The molecule has 0 saturated heterocycles. The van der Waals surface area contributed by atoms with Crippen LogP contribution in [0.25, 0.3) is 0 Å². The van der Waals surface area contributed by atoms with Crippen molar-refractivity contribution in [2.75, 3.05) is 6.61 Å². The molecule has 0 N–H and O–H groups in total. The first-order valence-electron chi connectivity index (χ1n) is 4.97. The van der Waals surface area contributed by atoms with Crippen LogP contribution < -0.4 is 4.74 Å². The first kappa shape index (κ1) is 13.2. The molecule has 3 nitrogen and oxygen atoms in total. The fourth-order valence-electron chi connectivity index (χ4n) is 1.29. The van der Waals surface area contributed by atoms with E-state index in [9.17, 15) is 4.79 Å². The summed E-state index contributed by atoms with van der Waals surface area (Å²) in [6.07, 6.45) is 3.24. The second kappa shape index (κ2) is 6.66. The summed E-state index contributed by atoms with van der Waals surface area (Å²) in [6, 6.07) is 12.6. The number of rotatable bonds is 4. The highest BCUT2D eigenvalue weighted by atomic mass is 35.5. The first-order valence-corrected chi connectivity index (χ1v) is 4.97. The van der Waals surface area contributed by atoms with E-state index in [0.29, 0.717) is 11.3 Å². The van der Waals surface area contributed by atoms with Crippen molar-refractivity contribution in [1.82, 2.24) is 4.98 Å². The summed E-state index contributed by atoms with van der Waals surface area (Å²) in [5, 5.41) is 0. The highest BCUT2D eigenvalue weighted by Crippen LogP contribution is 2.07. The zero-order valence-corrected chi connectivity index (χ0v) is 9.89. The van der Waals surface area contributed by atoms with Crippen molar-refractivity contribution in [1.29, 1.82) is 0 Å². The second-order valence-corrected chi connectivity index (χ2v) is 3.27. The van der Waals surface area contributed by atoms with Crippen molar-refractivity contribution in [2.45, 2.75) is 0 Å². The minimum absolute atomic E-state index is 0. The van der Waals surface area contributed by atoms with Crippen LogP contribution in [-0.4, -0.2) is 17.4 Å². The number of hydrogen-bond acceptors (Lipinski definition) is 3. The average molecular weight is 250 g/mol. The molecular weight excluding hydrogens is 238 g/mol. The molecule has 0 spiro atoms. The Labute approximate surface area is 106 Å². The Bertz CT molecular complexity index is 459. The molecule has 1 heterocycles. The van der Waals surface area contributed by atoms with Crippen LogP contribution >= 0.6 is 12.4 Å². The lowest BCUT2D eigenvalue weighted by Gasteiger charge is -2.04. The van der Waals surface area contributed by atoms with Crippen LogP contribution in [0.3, 0.4) is 0 Å². The highest BCUT2D eigenvalue weighted by Gasteiger charge is 2.05. The molecule has 0 saturated carbocycles. The van der Waals surface area contributed by atoms with E-state index in [0.717, 1.165) is 0 Å². The summed E-state index contributed by atoms with van der Waals surface area (Å²) in [7, 11) is 0. The number of Topliss-reactive ketones (excluding diaryl/α,β-unsaturated/α-hetero) is 1. The fourth-order valence-corrected chi connectivity index (χ4v) is 1.29. The van der Waals surface area contributed by atoms with Crippen molar-refractivity contribution in [3.05, 3.63) is 60.4 Å². The van der Waals surface area contributed by atoms with Crippen LogP contribution in [0, 0.1) is 0 Å². The number of carbonyl (C=O) groups is 1. The van der Waals surface area contributed by atoms with E-state index in [1.165, 1.54) is 0 Å². The number of halogens is 1. The Morgan fingerprint density at radius 2 is 1.88 bits per heavy atom. The van der Waals surface area contributed by atoms with Crippen molar-refractivity contribution in [2.24, 2.45) is 0 Å². The molecule has 4 heteroatoms. The van der Waals surface area contributed by atoms with Crippen molar-refractivity contribution < 1.29 is 9.53 Å². The van der Waals surface area contributed by atoms with Gasteiger partial charge in [-0.25, -0.2) is 0 Å². The SMILES string of the molecule is Cl.O=C(COc1cccnc1)c1ccccc1. The maximum atomic E-state index is 11.7. The summed E-state index contributed by atoms with van der Waals surface area (Å²) in [6.45, 7) is 0.0374. The van der Waals surface area contributed by atoms with E-state index in [1.54, 1.807) is 36.7 Å². The predicted molar refractivity (Wildman–Crippen MR) is 67.8 cm³/mol. The average Bonchev–Trinajstić information content (AvgIpc) is 2.38. The topological polar surface area (TPSA) is 39.2 Å². The number of aromatic nitrogens is 1. The molecule has 0 bridgehead atoms. The largest absolute Gasteiger partial charge is 0.484 e. The van der Waals surface area contributed by atoms with E-state index in [1.807, 2.05) is 18.2 Å². The number of nitrogens with zero attached hydrogens (tertiary/aromatic N) is 1.